The maximum absolute atomic E-state index is 6.15. The molecule has 0 unspecified atom stereocenters. The highest BCUT2D eigenvalue weighted by Crippen LogP contribution is 2.38. The monoisotopic (exact) mass is 298 g/mol. The van der Waals surface area contributed by atoms with Crippen molar-refractivity contribution >= 4 is 17.3 Å². The number of rotatable bonds is 5. The Morgan fingerprint density at radius 2 is 1.85 bits per heavy atom. The number of anilines is 1. The number of nitrogens with zero attached hydrogens (tertiary/aromatic N) is 1. The maximum Gasteiger partial charge on any atom is 0.143 e. The molecule has 1 aliphatic rings. The van der Waals surface area contributed by atoms with Crippen molar-refractivity contribution in [2.24, 2.45) is 0 Å². The Morgan fingerprint density at radius 3 is 2.40 bits per heavy atom. The Bertz CT molecular complexity index is 446. The number of nitrogens with one attached hydrogen (secondary N) is 1. The molecule has 0 spiro atoms. The van der Waals surface area contributed by atoms with Crippen LogP contribution >= 0.6 is 11.6 Å². The Labute approximate surface area is 126 Å². The zero-order valence-corrected chi connectivity index (χ0v) is 13.2. The summed E-state index contributed by atoms with van der Waals surface area (Å²) in [7, 11) is 3.31. The first-order chi connectivity index (χ1) is 9.69. The number of methoxy groups -OCH3 is 2. The number of hydrogen-bond donors (Lipinski definition) is 1. The molecule has 1 fully saturated rings. The fourth-order valence-electron chi connectivity index (χ4n) is 2.70. The summed E-state index contributed by atoms with van der Waals surface area (Å²) in [6, 6.07) is 4.41. The summed E-state index contributed by atoms with van der Waals surface area (Å²) >= 11 is 6.15. The van der Waals surface area contributed by atoms with Crippen molar-refractivity contribution in [3.63, 3.8) is 0 Å². The molecule has 0 radical (unpaired) electrons. The molecule has 1 aromatic carbocycles. The maximum atomic E-state index is 6.15. The molecule has 112 valence electrons. The molecule has 0 aromatic heterocycles. The van der Waals surface area contributed by atoms with Gasteiger partial charge in [0.05, 0.1) is 24.9 Å². The third kappa shape index (κ3) is 3.30. The van der Waals surface area contributed by atoms with E-state index in [0.29, 0.717) is 16.8 Å². The van der Waals surface area contributed by atoms with Gasteiger partial charge in [-0.05, 0) is 19.4 Å². The number of hydrogen-bond acceptors (Lipinski definition) is 4. The van der Waals surface area contributed by atoms with Gasteiger partial charge in [0.2, 0.25) is 0 Å². The van der Waals surface area contributed by atoms with Crippen molar-refractivity contribution < 1.29 is 9.47 Å². The third-order valence-corrected chi connectivity index (χ3v) is 4.08. The van der Waals surface area contributed by atoms with Crippen LogP contribution in [0.2, 0.25) is 5.02 Å². The number of halogens is 1. The Hall–Kier alpha value is -1.13. The van der Waals surface area contributed by atoms with E-state index in [0.717, 1.165) is 43.9 Å². The zero-order chi connectivity index (χ0) is 14.5. The van der Waals surface area contributed by atoms with Gasteiger partial charge in [0.1, 0.15) is 11.5 Å². The summed E-state index contributed by atoms with van der Waals surface area (Å²) in [5, 5.41) is 4.09. The Morgan fingerprint density at radius 1 is 1.20 bits per heavy atom. The van der Waals surface area contributed by atoms with Gasteiger partial charge in [-0.1, -0.05) is 18.5 Å². The average Bonchev–Trinajstić information content (AvgIpc) is 2.48. The van der Waals surface area contributed by atoms with Gasteiger partial charge in [-0.15, -0.1) is 0 Å². The van der Waals surface area contributed by atoms with Crippen LogP contribution < -0.4 is 19.7 Å². The van der Waals surface area contributed by atoms with Crippen LogP contribution in [0.3, 0.4) is 0 Å². The van der Waals surface area contributed by atoms with E-state index < -0.39 is 0 Å². The minimum atomic E-state index is 0.579. The Balaban J connectivity index is 2.16. The highest BCUT2D eigenvalue weighted by atomic mass is 35.5. The molecule has 1 saturated heterocycles. The van der Waals surface area contributed by atoms with Crippen molar-refractivity contribution in [1.29, 1.82) is 0 Å². The predicted molar refractivity (Wildman–Crippen MR) is 83.5 cm³/mol. The van der Waals surface area contributed by atoms with Crippen LogP contribution in [0.5, 0.6) is 11.5 Å². The molecule has 1 aromatic rings. The van der Waals surface area contributed by atoms with Crippen LogP contribution in [0.15, 0.2) is 12.1 Å². The van der Waals surface area contributed by atoms with Crippen molar-refractivity contribution in [3.8, 4) is 11.5 Å². The lowest BCUT2D eigenvalue weighted by molar-refractivity contribution is 0.394. The summed E-state index contributed by atoms with van der Waals surface area (Å²) in [4.78, 5) is 2.34. The number of benzene rings is 1. The number of piperidine rings is 1. The van der Waals surface area contributed by atoms with E-state index in [1.54, 1.807) is 14.2 Å². The average molecular weight is 299 g/mol. The largest absolute Gasteiger partial charge is 0.495 e. The van der Waals surface area contributed by atoms with E-state index in [2.05, 4.69) is 17.1 Å². The van der Waals surface area contributed by atoms with Gasteiger partial charge in [-0.2, -0.15) is 0 Å². The Kier molecular flexibility index (Phi) is 5.38. The van der Waals surface area contributed by atoms with Crippen LogP contribution in [-0.2, 0) is 0 Å². The quantitative estimate of drug-likeness (QED) is 0.906. The van der Waals surface area contributed by atoms with Crippen LogP contribution in [0, 0.1) is 0 Å². The second-order valence-corrected chi connectivity index (χ2v) is 5.38. The molecule has 0 amide bonds. The highest BCUT2D eigenvalue weighted by molar-refractivity contribution is 6.32. The standard InChI is InChI=1S/C15H23ClN2O2/c1-4-17-11-5-7-18(8-6-11)13-10-14(19-2)12(16)9-15(13)20-3/h9-11,17H,4-8H2,1-3H3. The predicted octanol–water partition coefficient (Wildman–Crippen LogP) is 2.94. The van der Waals surface area contributed by atoms with E-state index in [9.17, 15) is 0 Å². The van der Waals surface area contributed by atoms with Crippen LogP contribution in [-0.4, -0.2) is 39.9 Å². The van der Waals surface area contributed by atoms with Gasteiger partial charge in [-0.25, -0.2) is 0 Å². The first-order valence-corrected chi connectivity index (χ1v) is 7.47. The van der Waals surface area contributed by atoms with E-state index in [1.165, 1.54) is 0 Å². The number of ether oxygens (including phenoxy) is 2. The molecule has 1 heterocycles. The van der Waals surface area contributed by atoms with E-state index in [4.69, 9.17) is 21.1 Å². The van der Waals surface area contributed by atoms with Crippen molar-refractivity contribution in [3.05, 3.63) is 17.2 Å². The van der Waals surface area contributed by atoms with Gasteiger partial charge < -0.3 is 19.7 Å². The van der Waals surface area contributed by atoms with Crippen molar-refractivity contribution in [1.82, 2.24) is 5.32 Å². The van der Waals surface area contributed by atoms with Gasteiger partial charge in [0.15, 0.2) is 0 Å². The smallest absolute Gasteiger partial charge is 0.143 e. The first kappa shape index (κ1) is 15.3. The SMILES string of the molecule is CCNC1CCN(c2cc(OC)c(Cl)cc2OC)CC1. The molecule has 1 N–H and O–H groups in total. The van der Waals surface area contributed by atoms with Crippen LogP contribution in [0.25, 0.3) is 0 Å². The third-order valence-electron chi connectivity index (χ3n) is 3.78. The lowest BCUT2D eigenvalue weighted by atomic mass is 10.0. The van der Waals surface area contributed by atoms with E-state index in [-0.39, 0.29) is 0 Å². The summed E-state index contributed by atoms with van der Waals surface area (Å²) in [5.74, 6) is 1.49. The fraction of sp³-hybridized carbons (Fsp3) is 0.600. The summed E-state index contributed by atoms with van der Waals surface area (Å²) < 4.78 is 10.8. The minimum Gasteiger partial charge on any atom is -0.495 e. The summed E-state index contributed by atoms with van der Waals surface area (Å²) in [6.45, 7) is 5.21. The van der Waals surface area contributed by atoms with Crippen LogP contribution in [0.4, 0.5) is 5.69 Å². The first-order valence-electron chi connectivity index (χ1n) is 7.09. The van der Waals surface area contributed by atoms with Gasteiger partial charge >= 0.3 is 0 Å². The van der Waals surface area contributed by atoms with E-state index in [1.807, 2.05) is 12.1 Å². The molecule has 0 bridgehead atoms. The summed E-state index contributed by atoms with van der Waals surface area (Å²) in [5.41, 5.74) is 1.06. The lowest BCUT2D eigenvalue weighted by Crippen LogP contribution is -2.42. The van der Waals surface area contributed by atoms with Gasteiger partial charge in [0.25, 0.3) is 0 Å². The molecular weight excluding hydrogens is 276 g/mol. The van der Waals surface area contributed by atoms with Gasteiger partial charge in [-0.3, -0.25) is 0 Å². The van der Waals surface area contributed by atoms with E-state index >= 15 is 0 Å². The molecule has 4 nitrogen and oxygen atoms in total. The highest BCUT2D eigenvalue weighted by Gasteiger charge is 2.22. The molecule has 1 aliphatic heterocycles. The molecule has 0 atom stereocenters. The molecule has 20 heavy (non-hydrogen) atoms. The van der Waals surface area contributed by atoms with Gasteiger partial charge in [0, 0.05) is 31.3 Å². The topological polar surface area (TPSA) is 33.7 Å². The molecule has 0 aliphatic carbocycles. The lowest BCUT2D eigenvalue weighted by Gasteiger charge is -2.34. The molecular formula is C15H23ClN2O2. The van der Waals surface area contributed by atoms with Crippen molar-refractivity contribution in [2.45, 2.75) is 25.8 Å². The molecule has 0 saturated carbocycles. The fourth-order valence-corrected chi connectivity index (χ4v) is 2.94. The molecule has 2 rings (SSSR count). The molecule has 5 heteroatoms. The second-order valence-electron chi connectivity index (χ2n) is 4.98. The minimum absolute atomic E-state index is 0.579. The van der Waals surface area contributed by atoms with Crippen LogP contribution in [0.1, 0.15) is 19.8 Å². The summed E-state index contributed by atoms with van der Waals surface area (Å²) in [6.07, 6.45) is 2.28. The second kappa shape index (κ2) is 7.04. The van der Waals surface area contributed by atoms with Crippen molar-refractivity contribution in [2.75, 3.05) is 38.8 Å². The normalized spacial score (nSPS) is 16.3. The zero-order valence-electron chi connectivity index (χ0n) is 12.4.